The number of para-hydroxylation sites is 1. The molecule has 0 saturated heterocycles. The van der Waals surface area contributed by atoms with Crippen molar-refractivity contribution in [2.45, 2.75) is 37.6 Å². The van der Waals surface area contributed by atoms with Crippen molar-refractivity contribution in [2.24, 2.45) is 0 Å². The van der Waals surface area contributed by atoms with Gasteiger partial charge >= 0.3 is 0 Å². The maximum Gasteiger partial charge on any atom is 0.253 e. The van der Waals surface area contributed by atoms with E-state index in [9.17, 15) is 0 Å². The Morgan fingerprint density at radius 3 is 2.61 bits per heavy atom. The third kappa shape index (κ3) is 4.21. The van der Waals surface area contributed by atoms with Crippen LogP contribution in [0.3, 0.4) is 0 Å². The molecule has 0 atom stereocenters. The van der Waals surface area contributed by atoms with Crippen LogP contribution in [0.5, 0.6) is 0 Å². The largest absolute Gasteiger partial charge is 0.420 e. The number of nitrogens with zero attached hydrogens (tertiary/aromatic N) is 5. The number of imidazole rings is 1. The van der Waals surface area contributed by atoms with Crippen LogP contribution in [0.4, 0.5) is 0 Å². The molecule has 0 saturated carbocycles. The molecule has 5 rings (SSSR count). The Hall–Kier alpha value is -3.65. The van der Waals surface area contributed by atoms with Crippen molar-refractivity contribution >= 4 is 11.8 Å². The molecule has 8 heteroatoms. The van der Waals surface area contributed by atoms with E-state index in [1.54, 1.807) is 11.8 Å². The van der Waals surface area contributed by atoms with Gasteiger partial charge in [0.2, 0.25) is 5.89 Å². The minimum Gasteiger partial charge on any atom is -0.420 e. The van der Waals surface area contributed by atoms with Gasteiger partial charge in [-0.15, -0.1) is 10.2 Å². The SMILES string of the molecule is Cc1onc(-c2ccccc2)c1-c1nnc(CSc2nccn2-c2ccccc2C(C)C)o1. The van der Waals surface area contributed by atoms with E-state index in [1.807, 2.05) is 55.7 Å². The maximum absolute atomic E-state index is 6.00. The molecule has 166 valence electrons. The smallest absolute Gasteiger partial charge is 0.253 e. The molecule has 3 heterocycles. The van der Waals surface area contributed by atoms with Crippen LogP contribution >= 0.6 is 11.8 Å². The van der Waals surface area contributed by atoms with Gasteiger partial charge < -0.3 is 8.94 Å². The van der Waals surface area contributed by atoms with Gasteiger partial charge in [0.15, 0.2) is 5.16 Å². The molecule has 5 aromatic rings. The summed E-state index contributed by atoms with van der Waals surface area (Å²) in [4.78, 5) is 4.54. The standard InChI is InChI=1S/C25H23N5O2S/c1-16(2)19-11-7-8-12-20(19)30-14-13-26-25(30)33-15-21-27-28-24(31-21)22-17(3)32-29-23(22)18-9-5-4-6-10-18/h4-14,16H,15H2,1-3H3. The van der Waals surface area contributed by atoms with Gasteiger partial charge in [-0.25, -0.2) is 4.98 Å². The van der Waals surface area contributed by atoms with Crippen LogP contribution in [0.2, 0.25) is 0 Å². The zero-order valence-corrected chi connectivity index (χ0v) is 19.4. The predicted molar refractivity (Wildman–Crippen MR) is 127 cm³/mol. The Morgan fingerprint density at radius 1 is 1.00 bits per heavy atom. The normalized spacial score (nSPS) is 11.4. The average molecular weight is 458 g/mol. The van der Waals surface area contributed by atoms with Crippen LogP contribution in [-0.4, -0.2) is 24.9 Å². The van der Waals surface area contributed by atoms with Gasteiger partial charge in [0, 0.05) is 18.0 Å². The van der Waals surface area contributed by atoms with Gasteiger partial charge in [-0.2, -0.15) is 0 Å². The molecule has 0 spiro atoms. The molecule has 0 amide bonds. The highest BCUT2D eigenvalue weighted by molar-refractivity contribution is 7.98. The van der Waals surface area contributed by atoms with Gasteiger partial charge in [-0.05, 0) is 24.5 Å². The molecule has 0 unspecified atom stereocenters. The first-order chi connectivity index (χ1) is 16.1. The fourth-order valence-corrected chi connectivity index (χ4v) is 4.53. The highest BCUT2D eigenvalue weighted by atomic mass is 32.2. The van der Waals surface area contributed by atoms with E-state index >= 15 is 0 Å². The lowest BCUT2D eigenvalue weighted by Crippen LogP contribution is -2.01. The molecular formula is C25H23N5O2S. The Morgan fingerprint density at radius 2 is 1.79 bits per heavy atom. The summed E-state index contributed by atoms with van der Waals surface area (Å²) in [6, 6.07) is 18.2. The van der Waals surface area contributed by atoms with Crippen LogP contribution in [0.25, 0.3) is 28.4 Å². The number of aromatic nitrogens is 5. The van der Waals surface area contributed by atoms with E-state index in [2.05, 4.69) is 57.0 Å². The maximum atomic E-state index is 6.00. The van der Waals surface area contributed by atoms with E-state index in [4.69, 9.17) is 8.94 Å². The second kappa shape index (κ2) is 9.07. The third-order valence-electron chi connectivity index (χ3n) is 5.34. The topological polar surface area (TPSA) is 82.8 Å². The van der Waals surface area contributed by atoms with E-state index in [1.165, 1.54) is 5.56 Å². The van der Waals surface area contributed by atoms with Crippen LogP contribution < -0.4 is 0 Å². The van der Waals surface area contributed by atoms with E-state index in [-0.39, 0.29) is 0 Å². The number of thioether (sulfide) groups is 1. The van der Waals surface area contributed by atoms with Crippen molar-refractivity contribution < 1.29 is 8.94 Å². The van der Waals surface area contributed by atoms with E-state index in [0.717, 1.165) is 22.0 Å². The van der Waals surface area contributed by atoms with Gasteiger partial charge in [0.1, 0.15) is 17.0 Å². The minimum absolute atomic E-state index is 0.400. The van der Waals surface area contributed by atoms with Crippen LogP contribution in [0.1, 0.15) is 37.0 Å². The first kappa shape index (κ1) is 21.2. The van der Waals surface area contributed by atoms with Crippen molar-refractivity contribution in [3.8, 4) is 28.4 Å². The first-order valence-electron chi connectivity index (χ1n) is 10.7. The molecule has 0 bridgehead atoms. The Bertz CT molecular complexity index is 1370. The summed E-state index contributed by atoms with van der Waals surface area (Å²) in [7, 11) is 0. The summed E-state index contributed by atoms with van der Waals surface area (Å²) < 4.78 is 13.5. The Balaban J connectivity index is 1.38. The van der Waals surface area contributed by atoms with Crippen molar-refractivity contribution in [1.29, 1.82) is 0 Å². The quantitative estimate of drug-likeness (QED) is 0.265. The molecule has 0 N–H and O–H groups in total. The van der Waals surface area contributed by atoms with Crippen molar-refractivity contribution in [2.75, 3.05) is 0 Å². The number of rotatable bonds is 7. The molecule has 0 radical (unpaired) electrons. The minimum atomic E-state index is 0.400. The van der Waals surface area contributed by atoms with Crippen molar-refractivity contribution in [3.05, 3.63) is 84.2 Å². The summed E-state index contributed by atoms with van der Waals surface area (Å²) in [6.45, 7) is 6.23. The van der Waals surface area contributed by atoms with Crippen LogP contribution in [-0.2, 0) is 5.75 Å². The Labute approximate surface area is 195 Å². The van der Waals surface area contributed by atoms with Gasteiger partial charge in [0.05, 0.1) is 11.4 Å². The predicted octanol–water partition coefficient (Wildman–Crippen LogP) is 6.30. The molecule has 2 aromatic carbocycles. The summed E-state index contributed by atoms with van der Waals surface area (Å²) >= 11 is 1.55. The van der Waals surface area contributed by atoms with Gasteiger partial charge in [-0.1, -0.05) is 79.3 Å². The fourth-order valence-electron chi connectivity index (χ4n) is 3.73. The first-order valence-corrected chi connectivity index (χ1v) is 11.7. The zero-order valence-electron chi connectivity index (χ0n) is 18.6. The van der Waals surface area contributed by atoms with Crippen molar-refractivity contribution in [1.82, 2.24) is 24.9 Å². The van der Waals surface area contributed by atoms with E-state index < -0.39 is 0 Å². The average Bonchev–Trinajstić information content (AvgIpc) is 3.57. The van der Waals surface area contributed by atoms with Gasteiger partial charge in [-0.3, -0.25) is 4.57 Å². The third-order valence-corrected chi connectivity index (χ3v) is 6.29. The summed E-state index contributed by atoms with van der Waals surface area (Å²) in [5, 5.41) is 13.6. The second-order valence-corrected chi connectivity index (χ2v) is 8.85. The Kier molecular flexibility index (Phi) is 5.83. The molecule has 7 nitrogen and oxygen atoms in total. The molecule has 0 fully saturated rings. The zero-order chi connectivity index (χ0) is 22.8. The van der Waals surface area contributed by atoms with E-state index in [0.29, 0.717) is 34.9 Å². The number of hydrogen-bond donors (Lipinski definition) is 0. The number of aryl methyl sites for hydroxylation is 1. The molecule has 0 aliphatic heterocycles. The summed E-state index contributed by atoms with van der Waals surface area (Å²) in [5.74, 6) is 2.46. The lowest BCUT2D eigenvalue weighted by molar-refractivity contribution is 0.399. The van der Waals surface area contributed by atoms with Crippen LogP contribution in [0.15, 0.2) is 81.1 Å². The highest BCUT2D eigenvalue weighted by Gasteiger charge is 2.22. The molecule has 0 aliphatic carbocycles. The fraction of sp³-hybridized carbons (Fsp3) is 0.200. The second-order valence-electron chi connectivity index (χ2n) is 7.91. The van der Waals surface area contributed by atoms with Crippen molar-refractivity contribution in [3.63, 3.8) is 0 Å². The molecule has 0 aliphatic rings. The highest BCUT2D eigenvalue weighted by Crippen LogP contribution is 2.34. The monoisotopic (exact) mass is 457 g/mol. The summed E-state index contributed by atoms with van der Waals surface area (Å²) in [6.07, 6.45) is 3.79. The lowest BCUT2D eigenvalue weighted by atomic mass is 10.0. The summed E-state index contributed by atoms with van der Waals surface area (Å²) in [5.41, 5.74) is 4.75. The van der Waals surface area contributed by atoms with Crippen LogP contribution in [0, 0.1) is 6.92 Å². The molecular weight excluding hydrogens is 434 g/mol. The lowest BCUT2D eigenvalue weighted by Gasteiger charge is -2.14. The molecule has 3 aromatic heterocycles. The molecule has 33 heavy (non-hydrogen) atoms. The van der Waals surface area contributed by atoms with Gasteiger partial charge in [0.25, 0.3) is 5.89 Å². The number of benzene rings is 2. The number of hydrogen-bond acceptors (Lipinski definition) is 7.